The van der Waals surface area contributed by atoms with E-state index in [1.165, 1.54) is 0 Å². The van der Waals surface area contributed by atoms with Gasteiger partial charge < -0.3 is 4.90 Å². The molecule has 0 aliphatic carbocycles. The second kappa shape index (κ2) is 5.53. The van der Waals surface area contributed by atoms with Crippen LogP contribution < -0.4 is 0 Å². The number of rotatable bonds is 3. The normalized spacial score (nSPS) is 19.0. The summed E-state index contributed by atoms with van der Waals surface area (Å²) in [5, 5.41) is 0.619. The van der Waals surface area contributed by atoms with E-state index in [-0.39, 0.29) is 17.7 Å². The van der Waals surface area contributed by atoms with Gasteiger partial charge in [-0.3, -0.25) is 9.59 Å². The fraction of sp³-hybridized carbons (Fsp3) is 0.429. The average Bonchev–Trinajstić information content (AvgIpc) is 2.76. The van der Waals surface area contributed by atoms with Crippen LogP contribution in [0.1, 0.15) is 36.5 Å². The molecule has 96 valence electrons. The summed E-state index contributed by atoms with van der Waals surface area (Å²) in [7, 11) is 0. The monoisotopic (exact) mass is 265 g/mol. The van der Waals surface area contributed by atoms with Crippen LogP contribution in [-0.2, 0) is 4.79 Å². The van der Waals surface area contributed by atoms with Crippen molar-refractivity contribution in [3.63, 3.8) is 0 Å². The Labute approximate surface area is 112 Å². The number of hydrogen-bond acceptors (Lipinski definition) is 2. The van der Waals surface area contributed by atoms with Crippen LogP contribution in [0.4, 0.5) is 0 Å². The SMILES string of the molecule is CC(=O)CC1CCCN1C(=O)c1ccc(Cl)cc1. The number of likely N-dealkylation sites (tertiary alicyclic amines) is 1. The number of hydrogen-bond donors (Lipinski definition) is 0. The van der Waals surface area contributed by atoms with Crippen molar-refractivity contribution < 1.29 is 9.59 Å². The molecule has 1 aromatic carbocycles. The lowest BCUT2D eigenvalue weighted by Crippen LogP contribution is -2.36. The molecule has 0 radical (unpaired) electrons. The topological polar surface area (TPSA) is 37.4 Å². The zero-order valence-corrected chi connectivity index (χ0v) is 11.1. The summed E-state index contributed by atoms with van der Waals surface area (Å²) in [5.41, 5.74) is 0.634. The minimum Gasteiger partial charge on any atom is -0.335 e. The molecule has 1 aliphatic rings. The third kappa shape index (κ3) is 2.91. The van der Waals surface area contributed by atoms with Gasteiger partial charge in [-0.1, -0.05) is 11.6 Å². The molecule has 3 nitrogen and oxygen atoms in total. The van der Waals surface area contributed by atoms with E-state index in [1.54, 1.807) is 31.2 Å². The fourth-order valence-corrected chi connectivity index (χ4v) is 2.53. The summed E-state index contributed by atoms with van der Waals surface area (Å²) in [6.45, 7) is 2.31. The van der Waals surface area contributed by atoms with Crippen molar-refractivity contribution in [2.45, 2.75) is 32.2 Å². The van der Waals surface area contributed by atoms with Crippen LogP contribution in [0.15, 0.2) is 24.3 Å². The highest BCUT2D eigenvalue weighted by Crippen LogP contribution is 2.23. The quantitative estimate of drug-likeness (QED) is 0.843. The molecule has 0 saturated carbocycles. The first-order valence-corrected chi connectivity index (χ1v) is 6.51. The van der Waals surface area contributed by atoms with E-state index in [0.29, 0.717) is 17.0 Å². The van der Waals surface area contributed by atoms with Gasteiger partial charge in [-0.2, -0.15) is 0 Å². The zero-order valence-electron chi connectivity index (χ0n) is 10.4. The highest BCUT2D eigenvalue weighted by atomic mass is 35.5. The van der Waals surface area contributed by atoms with Crippen molar-refractivity contribution in [1.29, 1.82) is 0 Å². The molecule has 0 aromatic heterocycles. The highest BCUT2D eigenvalue weighted by molar-refractivity contribution is 6.30. The fourth-order valence-electron chi connectivity index (χ4n) is 2.41. The van der Waals surface area contributed by atoms with Crippen LogP contribution in [0.2, 0.25) is 5.02 Å². The van der Waals surface area contributed by atoms with E-state index in [2.05, 4.69) is 0 Å². The van der Waals surface area contributed by atoms with Gasteiger partial charge >= 0.3 is 0 Å². The van der Waals surface area contributed by atoms with Crippen molar-refractivity contribution in [3.8, 4) is 0 Å². The second-order valence-corrected chi connectivity index (χ2v) is 5.14. The lowest BCUT2D eigenvalue weighted by Gasteiger charge is -2.24. The van der Waals surface area contributed by atoms with Gasteiger partial charge in [0.1, 0.15) is 5.78 Å². The number of halogens is 1. The Morgan fingerprint density at radius 1 is 1.33 bits per heavy atom. The third-order valence-electron chi connectivity index (χ3n) is 3.25. The first-order valence-electron chi connectivity index (χ1n) is 6.14. The van der Waals surface area contributed by atoms with Gasteiger partial charge in [0.05, 0.1) is 0 Å². The van der Waals surface area contributed by atoms with Gasteiger partial charge in [0.15, 0.2) is 0 Å². The largest absolute Gasteiger partial charge is 0.335 e. The molecule has 1 fully saturated rings. The van der Waals surface area contributed by atoms with Crippen LogP contribution in [0.5, 0.6) is 0 Å². The molecule has 0 bridgehead atoms. The lowest BCUT2D eigenvalue weighted by atomic mass is 10.1. The molecular weight excluding hydrogens is 250 g/mol. The Morgan fingerprint density at radius 2 is 2.00 bits per heavy atom. The molecule has 1 amide bonds. The molecule has 4 heteroatoms. The van der Waals surface area contributed by atoms with Crippen LogP contribution >= 0.6 is 11.6 Å². The molecule has 1 saturated heterocycles. The number of Topliss-reactive ketones (excluding diaryl/α,β-unsaturated/α-hetero) is 1. The molecule has 2 rings (SSSR count). The maximum Gasteiger partial charge on any atom is 0.254 e. The summed E-state index contributed by atoms with van der Waals surface area (Å²) in [5.74, 6) is 0.131. The van der Waals surface area contributed by atoms with E-state index in [1.807, 2.05) is 4.90 Å². The minimum atomic E-state index is -0.00424. The van der Waals surface area contributed by atoms with Gasteiger partial charge in [-0.15, -0.1) is 0 Å². The van der Waals surface area contributed by atoms with Gasteiger partial charge in [-0.05, 0) is 44.0 Å². The molecule has 1 unspecified atom stereocenters. The van der Waals surface area contributed by atoms with Gasteiger partial charge in [-0.25, -0.2) is 0 Å². The Kier molecular flexibility index (Phi) is 4.02. The Balaban J connectivity index is 2.12. The molecule has 1 heterocycles. The third-order valence-corrected chi connectivity index (χ3v) is 3.50. The number of carbonyl (C=O) groups is 2. The van der Waals surface area contributed by atoms with E-state index < -0.39 is 0 Å². The summed E-state index contributed by atoms with van der Waals surface area (Å²) < 4.78 is 0. The average molecular weight is 266 g/mol. The Hall–Kier alpha value is -1.35. The number of carbonyl (C=O) groups excluding carboxylic acids is 2. The standard InChI is InChI=1S/C14H16ClNO2/c1-10(17)9-13-3-2-8-16(13)14(18)11-4-6-12(15)7-5-11/h4-7,13H,2-3,8-9H2,1H3. The lowest BCUT2D eigenvalue weighted by molar-refractivity contribution is -0.117. The number of ketones is 1. The summed E-state index contributed by atoms with van der Waals surface area (Å²) in [4.78, 5) is 25.3. The first-order chi connectivity index (χ1) is 8.58. The first kappa shape index (κ1) is 13.1. The van der Waals surface area contributed by atoms with Crippen LogP contribution in [0.25, 0.3) is 0 Å². The zero-order chi connectivity index (χ0) is 13.1. The van der Waals surface area contributed by atoms with Gasteiger partial charge in [0.25, 0.3) is 5.91 Å². The molecule has 18 heavy (non-hydrogen) atoms. The van der Waals surface area contributed by atoms with Gasteiger partial charge in [0.2, 0.25) is 0 Å². The van der Waals surface area contributed by atoms with Crippen LogP contribution in [0.3, 0.4) is 0 Å². The second-order valence-electron chi connectivity index (χ2n) is 4.71. The maximum absolute atomic E-state index is 12.3. The Morgan fingerprint density at radius 3 is 2.61 bits per heavy atom. The van der Waals surface area contributed by atoms with Crippen molar-refractivity contribution in [2.75, 3.05) is 6.54 Å². The molecule has 0 N–H and O–H groups in total. The highest BCUT2D eigenvalue weighted by Gasteiger charge is 2.29. The van der Waals surface area contributed by atoms with Crippen molar-refractivity contribution >= 4 is 23.3 Å². The number of benzene rings is 1. The van der Waals surface area contributed by atoms with E-state index in [9.17, 15) is 9.59 Å². The molecular formula is C14H16ClNO2. The Bertz CT molecular complexity index is 455. The summed E-state index contributed by atoms with van der Waals surface area (Å²) >= 11 is 5.80. The van der Waals surface area contributed by atoms with E-state index in [4.69, 9.17) is 11.6 Å². The smallest absolute Gasteiger partial charge is 0.254 e. The number of amides is 1. The molecule has 1 aromatic rings. The maximum atomic E-state index is 12.3. The predicted molar refractivity (Wildman–Crippen MR) is 70.8 cm³/mol. The molecule has 1 aliphatic heterocycles. The van der Waals surface area contributed by atoms with Crippen LogP contribution in [0, 0.1) is 0 Å². The van der Waals surface area contributed by atoms with Crippen molar-refractivity contribution in [3.05, 3.63) is 34.9 Å². The summed E-state index contributed by atoms with van der Waals surface area (Å²) in [6, 6.07) is 6.95. The van der Waals surface area contributed by atoms with Crippen molar-refractivity contribution in [1.82, 2.24) is 4.90 Å². The number of nitrogens with zero attached hydrogens (tertiary/aromatic N) is 1. The van der Waals surface area contributed by atoms with Crippen LogP contribution in [-0.4, -0.2) is 29.2 Å². The molecule has 0 spiro atoms. The minimum absolute atomic E-state index is 0.00424. The van der Waals surface area contributed by atoms with E-state index >= 15 is 0 Å². The predicted octanol–water partition coefficient (Wildman–Crippen LogP) is 2.92. The van der Waals surface area contributed by atoms with E-state index in [0.717, 1.165) is 19.4 Å². The molecule has 1 atom stereocenters. The summed E-state index contributed by atoms with van der Waals surface area (Å²) in [6.07, 6.45) is 2.34. The van der Waals surface area contributed by atoms with Gasteiger partial charge in [0, 0.05) is 29.6 Å². The van der Waals surface area contributed by atoms with Crippen molar-refractivity contribution in [2.24, 2.45) is 0 Å².